The molecule has 1 unspecified atom stereocenters. The molecule has 0 radical (unpaired) electrons. The van der Waals surface area contributed by atoms with Gasteiger partial charge in [0.05, 0.1) is 0 Å². The lowest BCUT2D eigenvalue weighted by Crippen LogP contribution is -2.41. The summed E-state index contributed by atoms with van der Waals surface area (Å²) in [6, 6.07) is 1.86. The quantitative estimate of drug-likeness (QED) is 0.839. The third-order valence-electron chi connectivity index (χ3n) is 2.55. The second-order valence-corrected chi connectivity index (χ2v) is 6.44. The monoisotopic (exact) mass is 328 g/mol. The molecule has 0 aliphatic rings. The number of hydrogen-bond acceptors (Lipinski definition) is 3. The lowest BCUT2D eigenvalue weighted by molar-refractivity contribution is 0.462. The first-order valence-corrected chi connectivity index (χ1v) is 7.42. The number of benzene rings is 1. The van der Waals surface area contributed by atoms with Crippen LogP contribution in [0.15, 0.2) is 23.1 Å². The van der Waals surface area contributed by atoms with Gasteiger partial charge in [0.15, 0.2) is 0 Å². The van der Waals surface area contributed by atoms with Crippen molar-refractivity contribution in [1.82, 2.24) is 4.72 Å². The van der Waals surface area contributed by atoms with Gasteiger partial charge in [0.1, 0.15) is 16.5 Å². The van der Waals surface area contributed by atoms with Gasteiger partial charge < -0.3 is 5.73 Å². The molecule has 1 aromatic carbocycles. The van der Waals surface area contributed by atoms with Crippen molar-refractivity contribution in [2.24, 2.45) is 11.7 Å². The van der Waals surface area contributed by atoms with E-state index in [1.807, 2.05) is 13.8 Å². The molecule has 0 fully saturated rings. The highest BCUT2D eigenvalue weighted by Gasteiger charge is 2.23. The topological polar surface area (TPSA) is 72.2 Å². The summed E-state index contributed by atoms with van der Waals surface area (Å²) in [6.07, 6.45) is 0.540. The second-order valence-electron chi connectivity index (χ2n) is 4.76. The molecule has 1 rings (SSSR count). The van der Waals surface area contributed by atoms with E-state index in [0.717, 1.165) is 12.1 Å². The minimum atomic E-state index is -4.04. The van der Waals surface area contributed by atoms with E-state index in [4.69, 9.17) is 5.73 Å². The standard InChI is InChI=1S/C12H18F2N2O2S.ClH/c1-8(2)5-10(7-15)16-19(17,18)12-4-3-9(13)6-11(12)14;/h3-4,6,8,10,16H,5,7,15H2,1-2H3;1H. The van der Waals surface area contributed by atoms with E-state index in [2.05, 4.69) is 4.72 Å². The first-order chi connectivity index (χ1) is 8.76. The minimum absolute atomic E-state index is 0. The maximum Gasteiger partial charge on any atom is 0.243 e. The van der Waals surface area contributed by atoms with E-state index in [0.29, 0.717) is 12.5 Å². The van der Waals surface area contributed by atoms with Gasteiger partial charge in [0.2, 0.25) is 10.0 Å². The number of halogens is 3. The second kappa shape index (κ2) is 7.87. The normalized spacial score (nSPS) is 13.1. The molecule has 0 heterocycles. The molecule has 116 valence electrons. The molecule has 0 bridgehead atoms. The number of sulfonamides is 1. The Balaban J connectivity index is 0.00000361. The van der Waals surface area contributed by atoms with Gasteiger partial charge in [0.25, 0.3) is 0 Å². The third-order valence-corrected chi connectivity index (χ3v) is 4.10. The van der Waals surface area contributed by atoms with Crippen LogP contribution >= 0.6 is 12.4 Å². The van der Waals surface area contributed by atoms with E-state index >= 15 is 0 Å². The van der Waals surface area contributed by atoms with Crippen molar-refractivity contribution in [3.8, 4) is 0 Å². The lowest BCUT2D eigenvalue weighted by atomic mass is 10.1. The number of rotatable bonds is 6. The minimum Gasteiger partial charge on any atom is -0.329 e. The molecule has 0 aliphatic heterocycles. The van der Waals surface area contributed by atoms with Crippen LogP contribution in [-0.4, -0.2) is 21.0 Å². The van der Waals surface area contributed by atoms with Crippen molar-refractivity contribution in [2.75, 3.05) is 6.54 Å². The van der Waals surface area contributed by atoms with Gasteiger partial charge in [-0.3, -0.25) is 0 Å². The SMILES string of the molecule is CC(C)CC(CN)NS(=O)(=O)c1ccc(F)cc1F.Cl. The van der Waals surface area contributed by atoms with Crippen LogP contribution in [-0.2, 0) is 10.0 Å². The molecule has 0 aromatic heterocycles. The number of nitrogens with one attached hydrogen (secondary N) is 1. The molecule has 0 saturated carbocycles. The van der Waals surface area contributed by atoms with Crippen LogP contribution < -0.4 is 10.5 Å². The van der Waals surface area contributed by atoms with Crippen LogP contribution in [0, 0.1) is 17.6 Å². The number of nitrogens with two attached hydrogens (primary N) is 1. The molecule has 0 saturated heterocycles. The van der Waals surface area contributed by atoms with Gasteiger partial charge in [-0.2, -0.15) is 0 Å². The van der Waals surface area contributed by atoms with Crippen LogP contribution in [0.25, 0.3) is 0 Å². The van der Waals surface area contributed by atoms with Gasteiger partial charge in [0, 0.05) is 18.7 Å². The van der Waals surface area contributed by atoms with E-state index in [9.17, 15) is 17.2 Å². The van der Waals surface area contributed by atoms with Crippen LogP contribution in [0.2, 0.25) is 0 Å². The zero-order valence-electron chi connectivity index (χ0n) is 11.3. The molecule has 1 aromatic rings. The van der Waals surface area contributed by atoms with Crippen molar-refractivity contribution in [2.45, 2.75) is 31.2 Å². The molecule has 8 heteroatoms. The fraction of sp³-hybridized carbons (Fsp3) is 0.500. The molecule has 4 nitrogen and oxygen atoms in total. The number of hydrogen-bond donors (Lipinski definition) is 2. The van der Waals surface area contributed by atoms with Gasteiger partial charge in [-0.25, -0.2) is 21.9 Å². The smallest absolute Gasteiger partial charge is 0.243 e. The van der Waals surface area contributed by atoms with Crippen molar-refractivity contribution >= 4 is 22.4 Å². The average Bonchev–Trinajstić information content (AvgIpc) is 2.26. The molecule has 3 N–H and O–H groups in total. The maximum absolute atomic E-state index is 13.5. The summed E-state index contributed by atoms with van der Waals surface area (Å²) in [5, 5.41) is 0. The summed E-state index contributed by atoms with van der Waals surface area (Å²) in [5.74, 6) is -1.70. The molecule has 0 amide bonds. The van der Waals surface area contributed by atoms with E-state index in [1.165, 1.54) is 0 Å². The van der Waals surface area contributed by atoms with Gasteiger partial charge in [-0.1, -0.05) is 13.8 Å². The Bertz CT molecular complexity index is 538. The Kier molecular flexibility index (Phi) is 7.57. The molecular formula is C12H19ClF2N2O2S. The Labute approximate surface area is 124 Å². The third kappa shape index (κ3) is 5.32. The van der Waals surface area contributed by atoms with Crippen molar-refractivity contribution in [1.29, 1.82) is 0 Å². The summed E-state index contributed by atoms with van der Waals surface area (Å²) < 4.78 is 52.5. The summed E-state index contributed by atoms with van der Waals surface area (Å²) >= 11 is 0. The summed E-state index contributed by atoms with van der Waals surface area (Å²) in [5.41, 5.74) is 5.49. The highest BCUT2D eigenvalue weighted by molar-refractivity contribution is 7.89. The summed E-state index contributed by atoms with van der Waals surface area (Å²) in [7, 11) is -4.04. The first kappa shape index (κ1) is 19.2. The van der Waals surface area contributed by atoms with Gasteiger partial charge in [-0.05, 0) is 24.5 Å². The molecule has 0 spiro atoms. The Hall–Kier alpha value is -0.760. The van der Waals surface area contributed by atoms with E-state index in [-0.39, 0.29) is 24.9 Å². The van der Waals surface area contributed by atoms with Crippen molar-refractivity contribution in [3.05, 3.63) is 29.8 Å². The summed E-state index contributed by atoms with van der Waals surface area (Å²) in [4.78, 5) is -0.573. The predicted octanol–water partition coefficient (Wildman–Crippen LogP) is 2.04. The van der Waals surface area contributed by atoms with Crippen LogP contribution in [0.5, 0.6) is 0 Å². The van der Waals surface area contributed by atoms with Gasteiger partial charge in [-0.15, -0.1) is 12.4 Å². The summed E-state index contributed by atoms with van der Waals surface area (Å²) in [6.45, 7) is 3.96. The van der Waals surface area contributed by atoms with Crippen molar-refractivity contribution in [3.63, 3.8) is 0 Å². The van der Waals surface area contributed by atoms with E-state index in [1.54, 1.807) is 0 Å². The molecule has 0 aliphatic carbocycles. The maximum atomic E-state index is 13.5. The van der Waals surface area contributed by atoms with Crippen LogP contribution in [0.4, 0.5) is 8.78 Å². The Morgan fingerprint density at radius 1 is 1.30 bits per heavy atom. The highest BCUT2D eigenvalue weighted by atomic mass is 35.5. The zero-order valence-corrected chi connectivity index (χ0v) is 12.9. The van der Waals surface area contributed by atoms with Gasteiger partial charge >= 0.3 is 0 Å². The fourth-order valence-electron chi connectivity index (χ4n) is 1.74. The van der Waals surface area contributed by atoms with Crippen molar-refractivity contribution < 1.29 is 17.2 Å². The van der Waals surface area contributed by atoms with Crippen LogP contribution in [0.1, 0.15) is 20.3 Å². The predicted molar refractivity (Wildman–Crippen MR) is 76.2 cm³/mol. The molecule has 20 heavy (non-hydrogen) atoms. The Morgan fingerprint density at radius 3 is 2.35 bits per heavy atom. The lowest BCUT2D eigenvalue weighted by Gasteiger charge is -2.19. The Morgan fingerprint density at radius 2 is 1.90 bits per heavy atom. The van der Waals surface area contributed by atoms with Crippen LogP contribution in [0.3, 0.4) is 0 Å². The molecule has 1 atom stereocenters. The first-order valence-electron chi connectivity index (χ1n) is 5.93. The average molecular weight is 329 g/mol. The largest absolute Gasteiger partial charge is 0.329 e. The highest BCUT2D eigenvalue weighted by Crippen LogP contribution is 2.16. The zero-order chi connectivity index (χ0) is 14.6. The fourth-order valence-corrected chi connectivity index (χ4v) is 3.06. The molecular weight excluding hydrogens is 310 g/mol. The van der Waals surface area contributed by atoms with E-state index < -0.39 is 32.6 Å².